The minimum absolute atomic E-state index is 0.299. The van der Waals surface area contributed by atoms with Crippen molar-refractivity contribution in [3.63, 3.8) is 0 Å². The number of nitriles is 1. The van der Waals surface area contributed by atoms with Crippen molar-refractivity contribution in [1.82, 2.24) is 10.2 Å². The Labute approximate surface area is 126 Å². The number of nitrogens with zero attached hydrogens (tertiary/aromatic N) is 3. The normalized spacial score (nSPS) is 11.9. The highest BCUT2D eigenvalue weighted by Crippen LogP contribution is 2.21. The van der Waals surface area contributed by atoms with Crippen molar-refractivity contribution in [2.24, 2.45) is 0 Å². The van der Waals surface area contributed by atoms with E-state index in [1.54, 1.807) is 0 Å². The molecule has 1 rings (SSSR count). The fraction of sp³-hybridized carbons (Fsp3) is 0.667. The lowest BCUT2D eigenvalue weighted by atomic mass is 10.0. The molecular weight excluding hydrogens is 268 g/mol. The molecule has 110 valence electrons. The maximum absolute atomic E-state index is 9.42. The molecule has 0 amide bonds. The van der Waals surface area contributed by atoms with E-state index < -0.39 is 0 Å². The summed E-state index contributed by atoms with van der Waals surface area (Å²) in [6, 6.07) is 2.59. The summed E-state index contributed by atoms with van der Waals surface area (Å²) in [5, 5.41) is 21.2. The summed E-state index contributed by atoms with van der Waals surface area (Å²) in [7, 11) is 0. The molecule has 1 heterocycles. The molecule has 0 spiro atoms. The van der Waals surface area contributed by atoms with Crippen molar-refractivity contribution in [3.8, 4) is 6.07 Å². The first-order valence-electron chi connectivity index (χ1n) is 7.30. The zero-order valence-corrected chi connectivity index (χ0v) is 13.7. The van der Waals surface area contributed by atoms with Gasteiger partial charge in [0.2, 0.25) is 0 Å². The van der Waals surface area contributed by atoms with Gasteiger partial charge in [0.15, 0.2) is 5.82 Å². The van der Waals surface area contributed by atoms with Crippen LogP contribution in [-0.2, 0) is 12.8 Å². The number of rotatable bonds is 8. The van der Waals surface area contributed by atoms with Gasteiger partial charge in [0, 0.05) is 6.04 Å². The monoisotopic (exact) mass is 292 g/mol. The molecule has 0 bridgehead atoms. The Hall–Kier alpha value is -1.28. The van der Waals surface area contributed by atoms with Gasteiger partial charge in [-0.2, -0.15) is 22.1 Å². The number of thioether (sulfide) groups is 1. The lowest BCUT2D eigenvalue weighted by Crippen LogP contribution is -2.19. The molecule has 0 aliphatic rings. The lowest BCUT2D eigenvalue weighted by Gasteiger charge is -2.16. The molecular formula is C15H24N4S. The lowest BCUT2D eigenvalue weighted by molar-refractivity contribution is 0.755. The van der Waals surface area contributed by atoms with Crippen LogP contribution in [0.25, 0.3) is 0 Å². The van der Waals surface area contributed by atoms with Gasteiger partial charge in [-0.25, -0.2) is 0 Å². The van der Waals surface area contributed by atoms with Crippen LogP contribution >= 0.6 is 11.8 Å². The standard InChI is InChI=1S/C15H24N4S/c1-5-12-13(10-16)15(19-18-14(12)6-2)17-11(4)8-9-20-7-3/h11H,5-9H2,1-4H3,(H,17,19). The molecule has 0 aliphatic carbocycles. The Morgan fingerprint density at radius 1 is 1.25 bits per heavy atom. The quantitative estimate of drug-likeness (QED) is 0.744. The van der Waals surface area contributed by atoms with Crippen LogP contribution in [0.1, 0.15) is 50.9 Å². The summed E-state index contributed by atoms with van der Waals surface area (Å²) < 4.78 is 0. The largest absolute Gasteiger partial charge is 0.365 e. The highest BCUT2D eigenvalue weighted by Gasteiger charge is 2.15. The van der Waals surface area contributed by atoms with Crippen LogP contribution in [-0.4, -0.2) is 27.7 Å². The zero-order valence-electron chi connectivity index (χ0n) is 12.9. The minimum Gasteiger partial charge on any atom is -0.365 e. The fourth-order valence-corrected chi connectivity index (χ4v) is 2.91. The molecule has 1 aromatic rings. The average Bonchev–Trinajstić information content (AvgIpc) is 2.46. The Kier molecular flexibility index (Phi) is 7.38. The fourth-order valence-electron chi connectivity index (χ4n) is 2.10. The van der Waals surface area contributed by atoms with Gasteiger partial charge in [0.25, 0.3) is 0 Å². The number of aryl methyl sites for hydroxylation is 1. The number of nitrogens with one attached hydrogen (secondary N) is 1. The maximum atomic E-state index is 9.42. The van der Waals surface area contributed by atoms with E-state index in [-0.39, 0.29) is 0 Å². The Morgan fingerprint density at radius 3 is 2.55 bits per heavy atom. The summed E-state index contributed by atoms with van der Waals surface area (Å²) >= 11 is 1.93. The van der Waals surface area contributed by atoms with Crippen LogP contribution in [0.15, 0.2) is 0 Å². The topological polar surface area (TPSA) is 61.6 Å². The maximum Gasteiger partial charge on any atom is 0.167 e. The summed E-state index contributed by atoms with van der Waals surface area (Å²) in [6.07, 6.45) is 2.69. The van der Waals surface area contributed by atoms with Gasteiger partial charge in [-0.15, -0.1) is 5.10 Å². The van der Waals surface area contributed by atoms with Crippen molar-refractivity contribution in [1.29, 1.82) is 5.26 Å². The van der Waals surface area contributed by atoms with E-state index in [0.717, 1.165) is 42.0 Å². The van der Waals surface area contributed by atoms with Crippen molar-refractivity contribution < 1.29 is 0 Å². The Morgan fingerprint density at radius 2 is 2.00 bits per heavy atom. The average molecular weight is 292 g/mol. The van der Waals surface area contributed by atoms with Gasteiger partial charge >= 0.3 is 0 Å². The van der Waals surface area contributed by atoms with Gasteiger partial charge in [-0.1, -0.05) is 20.8 Å². The number of aromatic nitrogens is 2. The molecule has 1 aromatic heterocycles. The summed E-state index contributed by atoms with van der Waals surface area (Å²) in [5.41, 5.74) is 2.63. The molecule has 0 fully saturated rings. The molecule has 0 saturated heterocycles. The first-order chi connectivity index (χ1) is 9.67. The van der Waals surface area contributed by atoms with Crippen LogP contribution in [0.5, 0.6) is 0 Å². The predicted molar refractivity (Wildman–Crippen MR) is 86.2 cm³/mol. The molecule has 0 aliphatic heterocycles. The van der Waals surface area contributed by atoms with Crippen LogP contribution in [0, 0.1) is 11.3 Å². The SMILES string of the molecule is CCSCCC(C)Nc1nnc(CC)c(CC)c1C#N. The highest BCUT2D eigenvalue weighted by molar-refractivity contribution is 7.99. The van der Waals surface area contributed by atoms with Crippen LogP contribution in [0.2, 0.25) is 0 Å². The Balaban J connectivity index is 2.87. The third-order valence-corrected chi connectivity index (χ3v) is 4.17. The summed E-state index contributed by atoms with van der Waals surface area (Å²) in [4.78, 5) is 0. The molecule has 0 saturated carbocycles. The van der Waals surface area contributed by atoms with E-state index in [2.05, 4.69) is 42.4 Å². The summed E-state index contributed by atoms with van der Waals surface area (Å²) in [6.45, 7) is 8.39. The van der Waals surface area contributed by atoms with Crippen LogP contribution < -0.4 is 5.32 Å². The number of hydrogen-bond acceptors (Lipinski definition) is 5. The van der Waals surface area contributed by atoms with Gasteiger partial charge in [0.05, 0.1) is 5.69 Å². The predicted octanol–water partition coefficient (Wildman–Crippen LogP) is 3.42. The van der Waals surface area contributed by atoms with E-state index in [4.69, 9.17) is 0 Å². The van der Waals surface area contributed by atoms with Crippen molar-refractivity contribution in [3.05, 3.63) is 16.8 Å². The highest BCUT2D eigenvalue weighted by atomic mass is 32.2. The molecule has 1 N–H and O–H groups in total. The van der Waals surface area contributed by atoms with Crippen LogP contribution in [0.3, 0.4) is 0 Å². The van der Waals surface area contributed by atoms with Gasteiger partial charge < -0.3 is 5.32 Å². The molecule has 0 radical (unpaired) electrons. The molecule has 1 unspecified atom stereocenters. The minimum atomic E-state index is 0.299. The van der Waals surface area contributed by atoms with Crippen LogP contribution in [0.4, 0.5) is 5.82 Å². The van der Waals surface area contributed by atoms with Crippen molar-refractivity contribution in [2.45, 2.75) is 53.0 Å². The second-order valence-electron chi connectivity index (χ2n) is 4.70. The van der Waals surface area contributed by atoms with E-state index in [9.17, 15) is 5.26 Å². The molecule has 1 atom stereocenters. The van der Waals surface area contributed by atoms with Gasteiger partial charge in [0.1, 0.15) is 11.6 Å². The number of anilines is 1. The zero-order chi connectivity index (χ0) is 15.0. The second-order valence-corrected chi connectivity index (χ2v) is 6.09. The van der Waals surface area contributed by atoms with Crippen molar-refractivity contribution >= 4 is 17.6 Å². The first kappa shape index (κ1) is 16.8. The summed E-state index contributed by atoms with van der Waals surface area (Å²) in [5.74, 6) is 2.89. The molecule has 5 heteroatoms. The smallest absolute Gasteiger partial charge is 0.167 e. The second kappa shape index (κ2) is 8.80. The van der Waals surface area contributed by atoms with Gasteiger partial charge in [-0.3, -0.25) is 0 Å². The first-order valence-corrected chi connectivity index (χ1v) is 8.46. The van der Waals surface area contributed by atoms with E-state index in [1.807, 2.05) is 18.7 Å². The van der Waals surface area contributed by atoms with E-state index >= 15 is 0 Å². The third-order valence-electron chi connectivity index (χ3n) is 3.24. The van der Waals surface area contributed by atoms with E-state index in [1.165, 1.54) is 0 Å². The molecule has 4 nitrogen and oxygen atoms in total. The van der Waals surface area contributed by atoms with Gasteiger partial charge in [-0.05, 0) is 43.3 Å². The van der Waals surface area contributed by atoms with E-state index in [0.29, 0.717) is 17.4 Å². The number of hydrogen-bond donors (Lipinski definition) is 1. The molecule has 20 heavy (non-hydrogen) atoms. The third kappa shape index (κ3) is 4.38. The molecule has 0 aromatic carbocycles. The Bertz CT molecular complexity index is 468. The van der Waals surface area contributed by atoms with Crippen molar-refractivity contribution in [2.75, 3.05) is 16.8 Å².